The van der Waals surface area contributed by atoms with Crippen LogP contribution in [-0.4, -0.2) is 29.3 Å². The average molecular weight is 239 g/mol. The molecule has 0 unspecified atom stereocenters. The van der Waals surface area contributed by atoms with E-state index in [1.807, 2.05) is 6.92 Å². The Hall–Kier alpha value is -0.780. The minimum atomic E-state index is -4.88. The zero-order chi connectivity index (χ0) is 12.4. The van der Waals surface area contributed by atoms with Gasteiger partial charge in [0, 0.05) is 6.54 Å². The maximum atomic E-state index is 11.9. The number of carbonyl (C=O) groups excluding carboxylic acids is 1. The van der Waals surface area contributed by atoms with Gasteiger partial charge in [-0.2, -0.15) is 13.2 Å². The first-order valence-electron chi connectivity index (χ1n) is 5.30. The summed E-state index contributed by atoms with van der Waals surface area (Å²) < 4.78 is 35.7. The average Bonchev–Trinajstić information content (AvgIpc) is 2.18. The van der Waals surface area contributed by atoms with Gasteiger partial charge < -0.3 is 10.4 Å². The maximum Gasteiger partial charge on any atom is 0.471 e. The van der Waals surface area contributed by atoms with E-state index < -0.39 is 17.7 Å². The maximum absolute atomic E-state index is 11.9. The lowest BCUT2D eigenvalue weighted by molar-refractivity contribution is -0.174. The highest BCUT2D eigenvalue weighted by molar-refractivity contribution is 5.81. The van der Waals surface area contributed by atoms with Crippen molar-refractivity contribution >= 4 is 5.91 Å². The van der Waals surface area contributed by atoms with Crippen LogP contribution in [0.1, 0.15) is 32.6 Å². The fourth-order valence-electron chi connectivity index (χ4n) is 1.82. The van der Waals surface area contributed by atoms with E-state index in [0.717, 1.165) is 12.8 Å². The molecule has 2 N–H and O–H groups in total. The molecule has 1 fully saturated rings. The number of carbonyl (C=O) groups is 1. The summed E-state index contributed by atoms with van der Waals surface area (Å²) in [6, 6.07) is 0. The van der Waals surface area contributed by atoms with Gasteiger partial charge in [-0.15, -0.1) is 0 Å². The van der Waals surface area contributed by atoms with E-state index in [9.17, 15) is 23.1 Å². The Kier molecular flexibility index (Phi) is 3.83. The lowest BCUT2D eigenvalue weighted by Crippen LogP contribution is -2.48. The van der Waals surface area contributed by atoms with Crippen molar-refractivity contribution in [2.45, 2.75) is 44.4 Å². The minimum Gasteiger partial charge on any atom is -0.388 e. The molecule has 0 heterocycles. The summed E-state index contributed by atoms with van der Waals surface area (Å²) in [7, 11) is 0. The molecular formula is C10H16F3NO2. The molecule has 0 aromatic heterocycles. The van der Waals surface area contributed by atoms with Crippen molar-refractivity contribution in [3.05, 3.63) is 0 Å². The molecule has 0 bridgehead atoms. The van der Waals surface area contributed by atoms with Crippen LogP contribution in [0, 0.1) is 5.92 Å². The van der Waals surface area contributed by atoms with Crippen LogP contribution in [0.15, 0.2) is 0 Å². The van der Waals surface area contributed by atoms with Crippen molar-refractivity contribution in [1.29, 1.82) is 0 Å². The van der Waals surface area contributed by atoms with Gasteiger partial charge in [-0.05, 0) is 31.6 Å². The number of alkyl halides is 3. The van der Waals surface area contributed by atoms with E-state index in [4.69, 9.17) is 0 Å². The Morgan fingerprint density at radius 1 is 1.44 bits per heavy atom. The van der Waals surface area contributed by atoms with Crippen LogP contribution in [-0.2, 0) is 4.79 Å². The molecule has 1 aliphatic carbocycles. The summed E-state index contributed by atoms with van der Waals surface area (Å²) in [6.45, 7) is 1.71. The van der Waals surface area contributed by atoms with Crippen molar-refractivity contribution in [2.75, 3.05) is 6.54 Å². The van der Waals surface area contributed by atoms with Crippen LogP contribution in [0.4, 0.5) is 13.2 Å². The SMILES string of the molecule is CC1CCC(O)(CNC(=O)C(F)(F)F)CC1. The quantitative estimate of drug-likeness (QED) is 0.769. The Bertz CT molecular complexity index is 257. The first-order valence-corrected chi connectivity index (χ1v) is 5.30. The van der Waals surface area contributed by atoms with Gasteiger partial charge in [0.15, 0.2) is 0 Å². The molecule has 94 valence electrons. The molecular weight excluding hydrogens is 223 g/mol. The van der Waals surface area contributed by atoms with Gasteiger partial charge >= 0.3 is 12.1 Å². The number of amides is 1. The Morgan fingerprint density at radius 2 is 1.94 bits per heavy atom. The van der Waals surface area contributed by atoms with Crippen LogP contribution >= 0.6 is 0 Å². The van der Waals surface area contributed by atoms with E-state index in [1.54, 1.807) is 5.32 Å². The van der Waals surface area contributed by atoms with Crippen LogP contribution in [0.5, 0.6) is 0 Å². The summed E-state index contributed by atoms with van der Waals surface area (Å²) in [5, 5.41) is 11.7. The number of halogens is 3. The van der Waals surface area contributed by atoms with Gasteiger partial charge in [-0.3, -0.25) is 4.79 Å². The monoisotopic (exact) mass is 239 g/mol. The second kappa shape index (κ2) is 4.61. The van der Waals surface area contributed by atoms with Gasteiger partial charge in [-0.25, -0.2) is 0 Å². The summed E-state index contributed by atoms with van der Waals surface area (Å²) >= 11 is 0. The number of hydrogen-bond donors (Lipinski definition) is 2. The van der Waals surface area contributed by atoms with Gasteiger partial charge in [0.1, 0.15) is 0 Å². The lowest BCUT2D eigenvalue weighted by Gasteiger charge is -2.34. The van der Waals surface area contributed by atoms with Crippen molar-refractivity contribution in [3.63, 3.8) is 0 Å². The molecule has 0 aliphatic heterocycles. The summed E-state index contributed by atoms with van der Waals surface area (Å²) in [5.41, 5.74) is -1.17. The number of nitrogens with one attached hydrogen (secondary N) is 1. The van der Waals surface area contributed by atoms with Crippen LogP contribution in [0.25, 0.3) is 0 Å². The smallest absolute Gasteiger partial charge is 0.388 e. The molecule has 0 saturated heterocycles. The zero-order valence-electron chi connectivity index (χ0n) is 9.10. The van der Waals surface area contributed by atoms with Crippen molar-refractivity contribution < 1.29 is 23.1 Å². The van der Waals surface area contributed by atoms with Crippen molar-refractivity contribution in [3.8, 4) is 0 Å². The molecule has 3 nitrogen and oxygen atoms in total. The van der Waals surface area contributed by atoms with Gasteiger partial charge in [-0.1, -0.05) is 6.92 Å². The molecule has 0 atom stereocenters. The fraction of sp³-hybridized carbons (Fsp3) is 0.900. The Labute approximate surface area is 92.0 Å². The lowest BCUT2D eigenvalue weighted by atomic mass is 9.79. The van der Waals surface area contributed by atoms with E-state index in [-0.39, 0.29) is 6.54 Å². The first kappa shape index (κ1) is 13.3. The molecule has 0 spiro atoms. The van der Waals surface area contributed by atoms with E-state index >= 15 is 0 Å². The van der Waals surface area contributed by atoms with Gasteiger partial charge in [0.2, 0.25) is 0 Å². The van der Waals surface area contributed by atoms with E-state index in [0.29, 0.717) is 18.8 Å². The number of aliphatic hydroxyl groups is 1. The third-order valence-electron chi connectivity index (χ3n) is 3.04. The van der Waals surface area contributed by atoms with E-state index in [1.165, 1.54) is 0 Å². The standard InChI is InChI=1S/C10H16F3NO2/c1-7-2-4-9(16,5-3-7)6-14-8(15)10(11,12)13/h7,16H,2-6H2,1H3,(H,14,15). The van der Waals surface area contributed by atoms with E-state index in [2.05, 4.69) is 0 Å². The normalized spacial score (nSPS) is 31.2. The van der Waals surface area contributed by atoms with Crippen molar-refractivity contribution in [1.82, 2.24) is 5.32 Å². The summed E-state index contributed by atoms with van der Waals surface area (Å²) in [5.74, 6) is -1.50. The first-order chi connectivity index (χ1) is 7.23. The predicted octanol–water partition coefficient (Wildman–Crippen LogP) is 1.61. The molecule has 1 amide bonds. The predicted molar refractivity (Wildman–Crippen MR) is 51.6 cm³/mol. The third kappa shape index (κ3) is 3.66. The van der Waals surface area contributed by atoms with Crippen molar-refractivity contribution in [2.24, 2.45) is 5.92 Å². The molecule has 0 radical (unpaired) electrons. The van der Waals surface area contributed by atoms with Crippen LogP contribution < -0.4 is 5.32 Å². The molecule has 1 saturated carbocycles. The van der Waals surface area contributed by atoms with Crippen LogP contribution in [0.3, 0.4) is 0 Å². The zero-order valence-corrected chi connectivity index (χ0v) is 9.10. The highest BCUT2D eigenvalue weighted by Gasteiger charge is 2.40. The van der Waals surface area contributed by atoms with Gasteiger partial charge in [0.05, 0.1) is 5.60 Å². The largest absolute Gasteiger partial charge is 0.471 e. The molecule has 1 rings (SSSR count). The second-order valence-corrected chi connectivity index (χ2v) is 4.59. The molecule has 0 aromatic carbocycles. The number of hydrogen-bond acceptors (Lipinski definition) is 2. The molecule has 16 heavy (non-hydrogen) atoms. The topological polar surface area (TPSA) is 49.3 Å². The Balaban J connectivity index is 2.40. The summed E-state index contributed by atoms with van der Waals surface area (Å²) in [6.07, 6.45) is -2.45. The minimum absolute atomic E-state index is 0.321. The second-order valence-electron chi connectivity index (χ2n) is 4.59. The molecule has 1 aliphatic rings. The fourth-order valence-corrected chi connectivity index (χ4v) is 1.82. The molecule has 6 heteroatoms. The highest BCUT2D eigenvalue weighted by atomic mass is 19.4. The summed E-state index contributed by atoms with van der Waals surface area (Å²) in [4.78, 5) is 10.6. The number of rotatable bonds is 2. The highest BCUT2D eigenvalue weighted by Crippen LogP contribution is 2.31. The molecule has 0 aromatic rings. The van der Waals surface area contributed by atoms with Crippen LogP contribution in [0.2, 0.25) is 0 Å². The third-order valence-corrected chi connectivity index (χ3v) is 3.04. The van der Waals surface area contributed by atoms with Gasteiger partial charge in [0.25, 0.3) is 0 Å². The Morgan fingerprint density at radius 3 is 2.38 bits per heavy atom.